The number of pyridine rings is 1. The number of aliphatic carboxylic acids is 1. The zero-order valence-corrected chi connectivity index (χ0v) is 23.4. The highest BCUT2D eigenvalue weighted by Crippen LogP contribution is 2.28. The second-order valence-electron chi connectivity index (χ2n) is 10.4. The molecule has 0 radical (unpaired) electrons. The molecule has 0 aromatic carbocycles. The molecule has 10 nitrogen and oxygen atoms in total. The fourth-order valence-corrected chi connectivity index (χ4v) is 4.96. The third-order valence-corrected chi connectivity index (χ3v) is 7.15. The van der Waals surface area contributed by atoms with Gasteiger partial charge < -0.3 is 20.6 Å². The predicted molar refractivity (Wildman–Crippen MR) is 149 cm³/mol. The monoisotopic (exact) mass is 574 g/mol. The fourth-order valence-electron chi connectivity index (χ4n) is 4.96. The normalized spacial score (nSPS) is 14.0. The van der Waals surface area contributed by atoms with Crippen LogP contribution in [0.1, 0.15) is 54.0 Å². The predicted octanol–water partition coefficient (Wildman–Crippen LogP) is 4.34. The van der Waals surface area contributed by atoms with Gasteiger partial charge in [0, 0.05) is 37.1 Å². The minimum Gasteiger partial charge on any atom is -0.480 e. The molecule has 222 valence electrons. The summed E-state index contributed by atoms with van der Waals surface area (Å²) in [6.45, 7) is 7.34. The van der Waals surface area contributed by atoms with Crippen LogP contribution in [0.4, 0.5) is 24.8 Å². The van der Waals surface area contributed by atoms with Crippen LogP contribution in [0.5, 0.6) is 0 Å². The van der Waals surface area contributed by atoms with Gasteiger partial charge in [-0.1, -0.05) is 6.07 Å². The van der Waals surface area contributed by atoms with E-state index in [1.54, 1.807) is 0 Å². The second-order valence-corrected chi connectivity index (χ2v) is 10.4. The van der Waals surface area contributed by atoms with Crippen LogP contribution in [0, 0.1) is 13.8 Å². The van der Waals surface area contributed by atoms with Crippen LogP contribution in [0.3, 0.4) is 0 Å². The van der Waals surface area contributed by atoms with Crippen LogP contribution in [-0.2, 0) is 30.4 Å². The minimum atomic E-state index is -4.65. The quantitative estimate of drug-likeness (QED) is 0.242. The summed E-state index contributed by atoms with van der Waals surface area (Å²) in [4.78, 5) is 25.9. The maximum absolute atomic E-state index is 13.0. The van der Waals surface area contributed by atoms with Crippen LogP contribution in [0.15, 0.2) is 30.6 Å². The van der Waals surface area contributed by atoms with Crippen molar-refractivity contribution in [1.29, 1.82) is 0 Å². The molecule has 0 saturated heterocycles. The van der Waals surface area contributed by atoms with E-state index in [-0.39, 0.29) is 12.2 Å². The number of hydrogen-bond donors (Lipinski definition) is 3. The van der Waals surface area contributed by atoms with Gasteiger partial charge >= 0.3 is 12.1 Å². The van der Waals surface area contributed by atoms with Crippen molar-refractivity contribution >= 4 is 17.6 Å². The molecule has 41 heavy (non-hydrogen) atoms. The van der Waals surface area contributed by atoms with Gasteiger partial charge in [0.25, 0.3) is 0 Å². The first-order chi connectivity index (χ1) is 19.6. The fraction of sp³-hybridized carbons (Fsp3) is 0.536. The number of rotatable bonds is 14. The van der Waals surface area contributed by atoms with Crippen LogP contribution in [-0.4, -0.2) is 72.9 Å². The topological polar surface area (TPSA) is 121 Å². The number of halogens is 3. The third kappa shape index (κ3) is 8.87. The van der Waals surface area contributed by atoms with E-state index < -0.39 is 23.9 Å². The zero-order chi connectivity index (χ0) is 29.4. The molecule has 0 spiro atoms. The first kappa shape index (κ1) is 30.2. The van der Waals surface area contributed by atoms with Crippen molar-refractivity contribution in [2.45, 2.75) is 71.1 Å². The van der Waals surface area contributed by atoms with E-state index in [1.165, 1.54) is 5.56 Å². The minimum absolute atomic E-state index is 0.176. The number of aromatic nitrogens is 5. The second kappa shape index (κ2) is 13.7. The summed E-state index contributed by atoms with van der Waals surface area (Å²) in [7, 11) is 0. The van der Waals surface area contributed by atoms with E-state index >= 15 is 0 Å². The number of nitrogens with one attached hydrogen (secondary N) is 2. The zero-order valence-electron chi connectivity index (χ0n) is 23.4. The Morgan fingerprint density at radius 2 is 2.00 bits per heavy atom. The Labute approximate surface area is 237 Å². The van der Waals surface area contributed by atoms with Gasteiger partial charge in [0.05, 0.1) is 12.2 Å². The number of unbranched alkanes of at least 4 members (excludes halogenated alkanes) is 1. The summed E-state index contributed by atoms with van der Waals surface area (Å²) < 4.78 is 41.1. The number of nitrogens with zero attached hydrogens (tertiary/aromatic N) is 6. The Kier molecular flexibility index (Phi) is 10.1. The molecule has 1 unspecified atom stereocenters. The lowest BCUT2D eigenvalue weighted by Crippen LogP contribution is -2.37. The Balaban J connectivity index is 1.35. The van der Waals surface area contributed by atoms with Gasteiger partial charge in [-0.25, -0.2) is 19.7 Å². The highest BCUT2D eigenvalue weighted by molar-refractivity contribution is 5.76. The lowest BCUT2D eigenvalue weighted by molar-refractivity contribution is -0.141. The van der Waals surface area contributed by atoms with Crippen LogP contribution < -0.4 is 10.6 Å². The van der Waals surface area contributed by atoms with Gasteiger partial charge in [-0.15, -0.1) is 0 Å². The number of alkyl halides is 3. The molecular weight excluding hydrogens is 537 g/mol. The average Bonchev–Trinajstić information content (AvgIpc) is 3.27. The molecule has 0 bridgehead atoms. The van der Waals surface area contributed by atoms with Crippen molar-refractivity contribution in [1.82, 2.24) is 29.6 Å². The van der Waals surface area contributed by atoms with E-state index in [0.717, 1.165) is 80.5 Å². The van der Waals surface area contributed by atoms with Gasteiger partial charge in [0.2, 0.25) is 0 Å². The van der Waals surface area contributed by atoms with Gasteiger partial charge in [-0.3, -0.25) is 4.68 Å². The molecule has 3 N–H and O–H groups in total. The summed E-state index contributed by atoms with van der Waals surface area (Å²) in [5.74, 6) is -0.359. The highest BCUT2D eigenvalue weighted by atomic mass is 19.4. The standard InChI is InChI=1S/C28H37F3N8O2/c1-19-16-20(2)39(37-19)15-14-38(12-4-3-7-22-9-8-21-6-5-11-32-26(21)35-22)13-10-23(27(40)41)36-25-17-24(28(29,30)31)33-18-34-25/h8-9,16-18,23H,3-7,10-15H2,1-2H3,(H,32,35)(H,40,41)(H,33,34,36). The third-order valence-electron chi connectivity index (χ3n) is 7.15. The summed E-state index contributed by atoms with van der Waals surface area (Å²) in [5, 5.41) is 20.3. The maximum Gasteiger partial charge on any atom is 0.433 e. The number of hydrogen-bond acceptors (Lipinski definition) is 8. The Morgan fingerprint density at radius 1 is 1.17 bits per heavy atom. The number of carboxylic acid groups (broad SMARTS) is 1. The van der Waals surface area contributed by atoms with Crippen molar-refractivity contribution in [3.05, 3.63) is 58.9 Å². The smallest absolute Gasteiger partial charge is 0.433 e. The number of carbonyl (C=O) groups is 1. The number of anilines is 2. The van der Waals surface area contributed by atoms with Crippen molar-refractivity contribution in [2.75, 3.05) is 36.8 Å². The van der Waals surface area contributed by atoms with E-state index in [1.807, 2.05) is 24.6 Å². The molecule has 4 rings (SSSR count). The van der Waals surface area contributed by atoms with E-state index in [0.29, 0.717) is 19.6 Å². The van der Waals surface area contributed by atoms with E-state index in [9.17, 15) is 23.1 Å². The average molecular weight is 575 g/mol. The number of carboxylic acids is 1. The van der Waals surface area contributed by atoms with Gasteiger partial charge in [0.15, 0.2) is 0 Å². The van der Waals surface area contributed by atoms with E-state index in [2.05, 4.69) is 42.7 Å². The Hall–Kier alpha value is -3.74. The molecule has 4 heterocycles. The molecule has 3 aromatic heterocycles. The molecule has 1 aliphatic heterocycles. The van der Waals surface area contributed by atoms with Gasteiger partial charge in [0.1, 0.15) is 29.7 Å². The summed E-state index contributed by atoms with van der Waals surface area (Å²) >= 11 is 0. The maximum atomic E-state index is 13.0. The van der Waals surface area contributed by atoms with Gasteiger partial charge in [-0.2, -0.15) is 18.3 Å². The summed E-state index contributed by atoms with van der Waals surface area (Å²) in [6.07, 6.45) is 1.12. The first-order valence-corrected chi connectivity index (χ1v) is 13.9. The molecule has 0 aliphatic carbocycles. The van der Waals surface area contributed by atoms with Crippen LogP contribution >= 0.6 is 0 Å². The van der Waals surface area contributed by atoms with Crippen molar-refractivity contribution in [2.24, 2.45) is 0 Å². The van der Waals surface area contributed by atoms with Crippen LogP contribution in [0.25, 0.3) is 0 Å². The van der Waals surface area contributed by atoms with Crippen molar-refractivity contribution in [3.8, 4) is 0 Å². The van der Waals surface area contributed by atoms with Gasteiger partial charge in [-0.05, 0) is 76.6 Å². The molecule has 0 saturated carbocycles. The Bertz CT molecular complexity index is 1310. The highest BCUT2D eigenvalue weighted by Gasteiger charge is 2.33. The van der Waals surface area contributed by atoms with Crippen LogP contribution in [0.2, 0.25) is 0 Å². The Morgan fingerprint density at radius 3 is 2.73 bits per heavy atom. The molecule has 1 atom stereocenters. The lowest BCUT2D eigenvalue weighted by atomic mass is 10.1. The lowest BCUT2D eigenvalue weighted by Gasteiger charge is -2.25. The van der Waals surface area contributed by atoms with Crippen molar-refractivity contribution < 1.29 is 23.1 Å². The van der Waals surface area contributed by atoms with E-state index in [4.69, 9.17) is 4.98 Å². The summed E-state index contributed by atoms with van der Waals surface area (Å²) in [5.41, 5.74) is 3.15. The first-order valence-electron chi connectivity index (χ1n) is 13.9. The molecule has 13 heteroatoms. The molecule has 0 amide bonds. The SMILES string of the molecule is Cc1cc(C)n(CCN(CCCCc2ccc3c(n2)NCCC3)CCC(Nc2cc(C(F)(F)F)ncn2)C(=O)O)n1. The molecular formula is C28H37F3N8O2. The number of aryl methyl sites for hydroxylation is 4. The molecule has 1 aliphatic rings. The largest absolute Gasteiger partial charge is 0.480 e. The molecule has 0 fully saturated rings. The molecule has 3 aromatic rings. The summed E-state index contributed by atoms with van der Waals surface area (Å²) in [6, 6.07) is 5.85. The number of fused-ring (bicyclic) bond motifs is 1. The van der Waals surface area contributed by atoms with Crippen molar-refractivity contribution in [3.63, 3.8) is 0 Å².